The molecule has 0 N–H and O–H groups in total. The van der Waals surface area contributed by atoms with Crippen molar-refractivity contribution in [3.8, 4) is 11.6 Å². The van der Waals surface area contributed by atoms with Crippen molar-refractivity contribution < 1.29 is 9.53 Å². The molecule has 0 bridgehead atoms. The second-order valence-corrected chi connectivity index (χ2v) is 5.60. The molecule has 0 saturated carbocycles. The lowest BCUT2D eigenvalue weighted by Crippen LogP contribution is -2.15. The maximum absolute atomic E-state index is 12.8. The highest BCUT2D eigenvalue weighted by Gasteiger charge is 2.20. The lowest BCUT2D eigenvalue weighted by atomic mass is 9.93. The van der Waals surface area contributed by atoms with Crippen LogP contribution in [0.2, 0.25) is 0 Å². The molecule has 0 saturated heterocycles. The van der Waals surface area contributed by atoms with Gasteiger partial charge in [0.05, 0.1) is 11.8 Å². The molecule has 0 aliphatic rings. The first-order valence-electron chi connectivity index (χ1n) is 7.85. The number of carbonyl (C=O) groups is 1. The molecule has 0 aliphatic heterocycles. The summed E-state index contributed by atoms with van der Waals surface area (Å²) in [6.45, 7) is 1.93. The van der Waals surface area contributed by atoms with Crippen LogP contribution < -0.4 is 4.74 Å². The van der Waals surface area contributed by atoms with Gasteiger partial charge in [0.25, 0.3) is 0 Å². The van der Waals surface area contributed by atoms with Crippen LogP contribution in [0.25, 0.3) is 0 Å². The minimum Gasteiger partial charge on any atom is -0.437 e. The van der Waals surface area contributed by atoms with Crippen molar-refractivity contribution in [2.24, 2.45) is 5.92 Å². The van der Waals surface area contributed by atoms with Gasteiger partial charge in [-0.05, 0) is 36.2 Å². The van der Waals surface area contributed by atoms with Crippen molar-refractivity contribution in [3.05, 3.63) is 84.3 Å². The first-order valence-corrected chi connectivity index (χ1v) is 7.85. The third-order valence-electron chi connectivity index (χ3n) is 3.72. The predicted octanol–water partition coefficient (Wildman–Crippen LogP) is 4.33. The lowest BCUT2D eigenvalue weighted by molar-refractivity contribution is 0.0926. The number of pyridine rings is 2. The van der Waals surface area contributed by atoms with E-state index in [4.69, 9.17) is 4.74 Å². The van der Waals surface area contributed by atoms with Gasteiger partial charge in [-0.3, -0.25) is 9.78 Å². The zero-order valence-electron chi connectivity index (χ0n) is 13.4. The van der Waals surface area contributed by atoms with E-state index < -0.39 is 0 Å². The van der Waals surface area contributed by atoms with Crippen LogP contribution in [0, 0.1) is 5.92 Å². The maximum atomic E-state index is 12.8. The van der Waals surface area contributed by atoms with Gasteiger partial charge in [0.2, 0.25) is 5.88 Å². The van der Waals surface area contributed by atoms with E-state index >= 15 is 0 Å². The third kappa shape index (κ3) is 3.84. The molecule has 3 rings (SSSR count). The smallest absolute Gasteiger partial charge is 0.230 e. The van der Waals surface area contributed by atoms with Crippen LogP contribution in [-0.2, 0) is 6.42 Å². The second kappa shape index (κ2) is 7.51. The zero-order valence-corrected chi connectivity index (χ0v) is 13.4. The zero-order chi connectivity index (χ0) is 16.8. The highest BCUT2D eigenvalue weighted by molar-refractivity contribution is 5.99. The predicted molar refractivity (Wildman–Crippen MR) is 92.2 cm³/mol. The maximum Gasteiger partial charge on any atom is 0.230 e. The van der Waals surface area contributed by atoms with Crippen molar-refractivity contribution in [1.82, 2.24) is 9.97 Å². The van der Waals surface area contributed by atoms with Crippen molar-refractivity contribution >= 4 is 5.78 Å². The normalized spacial score (nSPS) is 11.7. The van der Waals surface area contributed by atoms with Crippen LogP contribution in [0.4, 0.5) is 0 Å². The average Bonchev–Trinajstić information content (AvgIpc) is 2.63. The molecule has 0 radical (unpaired) electrons. The minimum absolute atomic E-state index is 0.0193. The van der Waals surface area contributed by atoms with Crippen LogP contribution >= 0.6 is 0 Å². The first-order chi connectivity index (χ1) is 11.7. The van der Waals surface area contributed by atoms with Gasteiger partial charge in [0.15, 0.2) is 5.78 Å². The number of nitrogens with zero attached hydrogens (tertiary/aromatic N) is 2. The molecule has 0 fully saturated rings. The summed E-state index contributed by atoms with van der Waals surface area (Å²) < 4.78 is 5.74. The summed E-state index contributed by atoms with van der Waals surface area (Å²) >= 11 is 0. The Balaban J connectivity index is 1.79. The third-order valence-corrected chi connectivity index (χ3v) is 3.72. The molecule has 2 aromatic heterocycles. The molecule has 4 nitrogen and oxygen atoms in total. The van der Waals surface area contributed by atoms with E-state index in [9.17, 15) is 4.79 Å². The van der Waals surface area contributed by atoms with Crippen molar-refractivity contribution in [2.75, 3.05) is 0 Å². The number of Topliss-reactive ketones (excluding diaryl/α,β-unsaturated/α-hetero) is 1. The summed E-state index contributed by atoms with van der Waals surface area (Å²) in [6.07, 6.45) is 5.56. The number of ether oxygens (including phenoxy) is 1. The molecule has 1 unspecified atom stereocenters. The summed E-state index contributed by atoms with van der Waals surface area (Å²) in [5.74, 6) is 0.732. The van der Waals surface area contributed by atoms with Gasteiger partial charge in [-0.25, -0.2) is 4.98 Å². The van der Waals surface area contributed by atoms with Crippen LogP contribution in [0.1, 0.15) is 22.8 Å². The highest BCUT2D eigenvalue weighted by atomic mass is 16.5. The highest BCUT2D eigenvalue weighted by Crippen LogP contribution is 2.25. The number of hydrogen-bond acceptors (Lipinski definition) is 4. The minimum atomic E-state index is -0.159. The molecule has 4 heteroatoms. The van der Waals surface area contributed by atoms with E-state index in [1.54, 1.807) is 42.9 Å². The quantitative estimate of drug-likeness (QED) is 0.635. The Morgan fingerprint density at radius 1 is 1.04 bits per heavy atom. The Hall–Kier alpha value is -3.01. The molecule has 2 heterocycles. The second-order valence-electron chi connectivity index (χ2n) is 5.60. The summed E-state index contributed by atoms with van der Waals surface area (Å²) in [5, 5.41) is 0. The molecule has 120 valence electrons. The summed E-state index contributed by atoms with van der Waals surface area (Å²) in [7, 11) is 0. The number of hydrogen-bond donors (Lipinski definition) is 0. The fourth-order valence-electron chi connectivity index (χ4n) is 2.50. The molecule has 0 aliphatic carbocycles. The summed E-state index contributed by atoms with van der Waals surface area (Å²) in [4.78, 5) is 21.0. The number of ketones is 1. The van der Waals surface area contributed by atoms with Gasteiger partial charge < -0.3 is 4.74 Å². The lowest BCUT2D eigenvalue weighted by Gasteiger charge is -2.13. The Morgan fingerprint density at radius 2 is 1.83 bits per heavy atom. The molecule has 0 spiro atoms. The monoisotopic (exact) mass is 318 g/mol. The topological polar surface area (TPSA) is 52.1 Å². The molecule has 24 heavy (non-hydrogen) atoms. The Labute approximate surface area is 141 Å². The van der Waals surface area contributed by atoms with Crippen LogP contribution in [-0.4, -0.2) is 15.8 Å². The Bertz CT molecular complexity index is 804. The largest absolute Gasteiger partial charge is 0.437 e. The van der Waals surface area contributed by atoms with E-state index in [1.165, 1.54) is 0 Å². The molecule has 0 amide bonds. The Morgan fingerprint density at radius 3 is 2.58 bits per heavy atom. The van der Waals surface area contributed by atoms with Crippen LogP contribution in [0.3, 0.4) is 0 Å². The van der Waals surface area contributed by atoms with E-state index in [0.29, 0.717) is 23.6 Å². The standard InChI is InChI=1S/C20H18N2O2/c1-15(13-16-7-3-2-4-8-16)19(23)18-10-6-12-22-20(18)24-17-9-5-11-21-14-17/h2-12,14-15H,13H2,1H3. The van der Waals surface area contributed by atoms with Gasteiger partial charge in [0, 0.05) is 18.3 Å². The van der Waals surface area contributed by atoms with E-state index in [0.717, 1.165) is 5.56 Å². The van der Waals surface area contributed by atoms with Crippen molar-refractivity contribution in [1.29, 1.82) is 0 Å². The molecule has 1 atom stereocenters. The number of carbonyl (C=O) groups excluding carboxylic acids is 1. The number of aromatic nitrogens is 2. The van der Waals surface area contributed by atoms with E-state index in [1.807, 2.05) is 37.3 Å². The van der Waals surface area contributed by atoms with Gasteiger partial charge >= 0.3 is 0 Å². The fourth-order valence-corrected chi connectivity index (χ4v) is 2.50. The average molecular weight is 318 g/mol. The first kappa shape index (κ1) is 15.9. The number of rotatable bonds is 6. The number of benzene rings is 1. The van der Waals surface area contributed by atoms with Crippen LogP contribution in [0.5, 0.6) is 11.6 Å². The molecule has 3 aromatic rings. The molecule has 1 aromatic carbocycles. The molecular formula is C20H18N2O2. The van der Waals surface area contributed by atoms with E-state index in [-0.39, 0.29) is 11.7 Å². The van der Waals surface area contributed by atoms with Crippen molar-refractivity contribution in [2.45, 2.75) is 13.3 Å². The SMILES string of the molecule is CC(Cc1ccccc1)C(=O)c1cccnc1Oc1cccnc1. The van der Waals surface area contributed by atoms with Gasteiger partial charge in [0.1, 0.15) is 5.75 Å². The van der Waals surface area contributed by atoms with Crippen molar-refractivity contribution in [3.63, 3.8) is 0 Å². The van der Waals surface area contributed by atoms with Gasteiger partial charge in [-0.15, -0.1) is 0 Å². The fraction of sp³-hybridized carbons (Fsp3) is 0.150. The molecular weight excluding hydrogens is 300 g/mol. The van der Waals surface area contributed by atoms with Gasteiger partial charge in [-0.1, -0.05) is 37.3 Å². The summed E-state index contributed by atoms with van der Waals surface area (Å²) in [6, 6.07) is 17.0. The van der Waals surface area contributed by atoms with E-state index in [2.05, 4.69) is 9.97 Å². The summed E-state index contributed by atoms with van der Waals surface area (Å²) in [5.41, 5.74) is 1.63. The van der Waals surface area contributed by atoms with Gasteiger partial charge in [-0.2, -0.15) is 0 Å². The Kier molecular flexibility index (Phi) is 4.96. The van der Waals surface area contributed by atoms with Crippen LogP contribution in [0.15, 0.2) is 73.2 Å².